The molecule has 2 aromatic rings. The van der Waals surface area contributed by atoms with Crippen molar-refractivity contribution in [2.75, 3.05) is 27.9 Å². The number of hydrogen-bond donors (Lipinski definition) is 2. The number of methoxy groups -OCH3 is 3. The molecule has 208 valence electrons. The Morgan fingerprint density at radius 1 is 1.05 bits per heavy atom. The van der Waals surface area contributed by atoms with Crippen molar-refractivity contribution in [3.8, 4) is 22.8 Å². The maximum absolute atomic E-state index is 13.4. The third-order valence-corrected chi connectivity index (χ3v) is 6.82. The average Bonchev–Trinajstić information content (AvgIpc) is 3.34. The topological polar surface area (TPSA) is 121 Å². The molecule has 0 bridgehead atoms. The molecule has 2 N–H and O–H groups in total. The first-order chi connectivity index (χ1) is 18.3. The van der Waals surface area contributed by atoms with Gasteiger partial charge in [-0.05, 0) is 49.3 Å². The number of carbonyl (C=O) groups excluding carboxylic acids is 3. The zero-order valence-corrected chi connectivity index (χ0v) is 23.0. The second-order valence-corrected chi connectivity index (χ2v) is 10.1. The molecule has 38 heavy (non-hydrogen) atoms. The molecule has 2 amide bonds. The molecule has 10 heteroatoms. The molecular formula is C28H40N4O6. The highest BCUT2D eigenvalue weighted by Crippen LogP contribution is 2.39. The van der Waals surface area contributed by atoms with Gasteiger partial charge >= 0.3 is 5.97 Å². The number of amides is 2. The molecule has 1 saturated carbocycles. The Balaban J connectivity index is 1.94. The van der Waals surface area contributed by atoms with Crippen LogP contribution in [0.4, 0.5) is 0 Å². The lowest BCUT2D eigenvalue weighted by atomic mass is 9.89. The van der Waals surface area contributed by atoms with Gasteiger partial charge in [-0.1, -0.05) is 39.2 Å². The van der Waals surface area contributed by atoms with Gasteiger partial charge < -0.3 is 24.8 Å². The molecule has 1 heterocycles. The molecule has 1 aromatic heterocycles. The molecule has 0 spiro atoms. The number of nitrogens with one attached hydrogen (secondary N) is 2. The maximum atomic E-state index is 13.4. The second-order valence-electron chi connectivity index (χ2n) is 10.1. The van der Waals surface area contributed by atoms with Gasteiger partial charge in [-0.25, -0.2) is 0 Å². The predicted molar refractivity (Wildman–Crippen MR) is 143 cm³/mol. The van der Waals surface area contributed by atoms with Crippen LogP contribution in [0.1, 0.15) is 62.9 Å². The summed E-state index contributed by atoms with van der Waals surface area (Å²) in [5.41, 5.74) is 1.62. The summed E-state index contributed by atoms with van der Waals surface area (Å²) in [5.74, 6) is 0.317. The Morgan fingerprint density at radius 3 is 2.29 bits per heavy atom. The van der Waals surface area contributed by atoms with E-state index < -0.39 is 23.8 Å². The third kappa shape index (κ3) is 7.49. The minimum atomic E-state index is -0.833. The zero-order chi connectivity index (χ0) is 27.7. The van der Waals surface area contributed by atoms with Crippen molar-refractivity contribution in [2.24, 2.45) is 11.8 Å². The van der Waals surface area contributed by atoms with E-state index in [4.69, 9.17) is 14.6 Å². The van der Waals surface area contributed by atoms with E-state index in [9.17, 15) is 14.4 Å². The summed E-state index contributed by atoms with van der Waals surface area (Å²) in [6, 6.07) is 6.43. The lowest BCUT2D eigenvalue weighted by Crippen LogP contribution is -2.48. The average molecular weight is 529 g/mol. The number of hydrogen-bond acceptors (Lipinski definition) is 7. The Morgan fingerprint density at radius 2 is 1.71 bits per heavy atom. The summed E-state index contributed by atoms with van der Waals surface area (Å²) < 4.78 is 17.7. The molecule has 1 fully saturated rings. The van der Waals surface area contributed by atoms with Crippen LogP contribution in [0.2, 0.25) is 0 Å². The Kier molecular flexibility index (Phi) is 10.6. The van der Waals surface area contributed by atoms with E-state index in [1.54, 1.807) is 20.3 Å². The predicted octanol–water partition coefficient (Wildman–Crippen LogP) is 3.58. The number of aromatic nitrogens is 2. The van der Waals surface area contributed by atoms with Crippen LogP contribution in [0.3, 0.4) is 0 Å². The van der Waals surface area contributed by atoms with E-state index in [0.29, 0.717) is 36.1 Å². The van der Waals surface area contributed by atoms with Gasteiger partial charge in [0.05, 0.1) is 32.6 Å². The number of nitrogens with zero attached hydrogens (tertiary/aromatic N) is 2. The van der Waals surface area contributed by atoms with E-state index in [1.807, 2.05) is 36.7 Å². The van der Waals surface area contributed by atoms with Crippen LogP contribution >= 0.6 is 0 Å². The minimum Gasteiger partial charge on any atom is -0.496 e. The van der Waals surface area contributed by atoms with Crippen molar-refractivity contribution in [3.05, 3.63) is 30.0 Å². The largest absolute Gasteiger partial charge is 0.496 e. The third-order valence-electron chi connectivity index (χ3n) is 6.82. The fraction of sp³-hybridized carbons (Fsp3) is 0.571. The molecule has 1 aromatic carbocycles. The standard InChI is InChI=1S/C28H40N4O6/c1-18(2)14-20(27(34)29-16-25(33)38-5)30-28(35)21-15-22(26-23(36-3)12-9-13-24(26)37-4)32(31-21)17-19-10-7-6-8-11-19/h9,12-13,15,18-20H,6-8,10-11,14,16-17H2,1-5H3,(H,29,34)(H,30,35). The number of rotatable bonds is 12. The number of ether oxygens (including phenoxy) is 3. The van der Waals surface area contributed by atoms with Crippen molar-refractivity contribution < 1.29 is 28.6 Å². The minimum absolute atomic E-state index is 0.126. The van der Waals surface area contributed by atoms with E-state index in [2.05, 4.69) is 15.4 Å². The van der Waals surface area contributed by atoms with E-state index in [1.165, 1.54) is 26.4 Å². The van der Waals surface area contributed by atoms with Crippen LogP contribution in [-0.2, 0) is 20.9 Å². The zero-order valence-electron chi connectivity index (χ0n) is 23.0. The number of carbonyl (C=O) groups is 3. The number of esters is 1. The molecular weight excluding hydrogens is 488 g/mol. The molecule has 0 saturated heterocycles. The van der Waals surface area contributed by atoms with Crippen LogP contribution < -0.4 is 20.1 Å². The van der Waals surface area contributed by atoms with Crippen LogP contribution in [0.5, 0.6) is 11.5 Å². The van der Waals surface area contributed by atoms with Gasteiger partial charge in [0, 0.05) is 6.54 Å². The van der Waals surface area contributed by atoms with Crippen LogP contribution in [-0.4, -0.2) is 61.5 Å². The van der Waals surface area contributed by atoms with E-state index in [-0.39, 0.29) is 18.2 Å². The van der Waals surface area contributed by atoms with Gasteiger partial charge in [-0.3, -0.25) is 19.1 Å². The highest BCUT2D eigenvalue weighted by molar-refractivity contribution is 5.97. The summed E-state index contributed by atoms with van der Waals surface area (Å²) in [4.78, 5) is 37.7. The van der Waals surface area contributed by atoms with Gasteiger partial charge in [0.15, 0.2) is 5.69 Å². The van der Waals surface area contributed by atoms with Crippen molar-refractivity contribution in [3.63, 3.8) is 0 Å². The van der Waals surface area contributed by atoms with Crippen LogP contribution in [0.15, 0.2) is 24.3 Å². The molecule has 1 unspecified atom stereocenters. The van der Waals surface area contributed by atoms with Gasteiger partial charge in [0.1, 0.15) is 24.1 Å². The molecule has 10 nitrogen and oxygen atoms in total. The van der Waals surface area contributed by atoms with Gasteiger partial charge in [-0.2, -0.15) is 5.10 Å². The highest BCUT2D eigenvalue weighted by Gasteiger charge is 2.27. The molecule has 1 aliphatic carbocycles. The highest BCUT2D eigenvalue weighted by atomic mass is 16.5. The SMILES string of the molecule is COC(=O)CNC(=O)C(CC(C)C)NC(=O)c1cc(-c2c(OC)cccc2OC)n(CC2CCCCC2)n1. The monoisotopic (exact) mass is 528 g/mol. The quantitative estimate of drug-likeness (QED) is 0.404. The summed E-state index contributed by atoms with van der Waals surface area (Å²) in [5, 5.41) is 10.1. The first-order valence-electron chi connectivity index (χ1n) is 13.2. The summed E-state index contributed by atoms with van der Waals surface area (Å²) in [6.07, 6.45) is 6.23. The normalized spacial score (nSPS) is 14.6. The first kappa shape index (κ1) is 29.0. The fourth-order valence-corrected chi connectivity index (χ4v) is 4.88. The van der Waals surface area contributed by atoms with Crippen LogP contribution in [0, 0.1) is 11.8 Å². The van der Waals surface area contributed by atoms with E-state index in [0.717, 1.165) is 18.4 Å². The Bertz CT molecular complexity index is 1080. The maximum Gasteiger partial charge on any atom is 0.325 e. The Labute approximate surface area is 224 Å². The van der Waals surface area contributed by atoms with Crippen molar-refractivity contribution in [1.82, 2.24) is 20.4 Å². The molecule has 0 aliphatic heterocycles. The van der Waals surface area contributed by atoms with Crippen LogP contribution in [0.25, 0.3) is 11.3 Å². The van der Waals surface area contributed by atoms with Gasteiger partial charge in [0.2, 0.25) is 5.91 Å². The summed E-state index contributed by atoms with van der Waals surface area (Å²) in [7, 11) is 4.44. The smallest absolute Gasteiger partial charge is 0.325 e. The van der Waals surface area contributed by atoms with E-state index >= 15 is 0 Å². The van der Waals surface area contributed by atoms with Crippen molar-refractivity contribution >= 4 is 17.8 Å². The van der Waals surface area contributed by atoms with Gasteiger partial charge in [-0.15, -0.1) is 0 Å². The second kappa shape index (κ2) is 13.8. The Hall–Kier alpha value is -3.56. The number of benzene rings is 1. The van der Waals surface area contributed by atoms with Crippen molar-refractivity contribution in [2.45, 2.75) is 65.0 Å². The molecule has 0 radical (unpaired) electrons. The fourth-order valence-electron chi connectivity index (χ4n) is 4.88. The molecule has 1 atom stereocenters. The molecule has 1 aliphatic rings. The molecule has 3 rings (SSSR count). The lowest BCUT2D eigenvalue weighted by Gasteiger charge is -2.23. The first-order valence-corrected chi connectivity index (χ1v) is 13.2. The van der Waals surface area contributed by atoms with Gasteiger partial charge in [0.25, 0.3) is 5.91 Å². The van der Waals surface area contributed by atoms with Crippen molar-refractivity contribution in [1.29, 1.82) is 0 Å². The lowest BCUT2D eigenvalue weighted by molar-refractivity contribution is -0.141. The summed E-state index contributed by atoms with van der Waals surface area (Å²) >= 11 is 0. The summed E-state index contributed by atoms with van der Waals surface area (Å²) in [6.45, 7) is 4.31.